The Balaban J connectivity index is 1.91. The molecule has 1 unspecified atom stereocenters. The van der Waals surface area contributed by atoms with Gasteiger partial charge in [-0.2, -0.15) is 0 Å². The Bertz CT molecular complexity index is 923. The summed E-state index contributed by atoms with van der Waals surface area (Å²) in [6.45, 7) is 0.689. The van der Waals surface area contributed by atoms with E-state index in [1.54, 1.807) is 6.07 Å². The van der Waals surface area contributed by atoms with Crippen LogP contribution in [0.1, 0.15) is 22.9 Å². The number of H-pyrrole nitrogens is 1. The number of rotatable bonds is 1. The van der Waals surface area contributed by atoms with E-state index in [2.05, 4.69) is 26.2 Å². The second-order valence-corrected chi connectivity index (χ2v) is 6.90. The largest absolute Gasteiger partial charge is 0.357 e. The van der Waals surface area contributed by atoms with Gasteiger partial charge in [0.25, 0.3) is 0 Å². The van der Waals surface area contributed by atoms with Gasteiger partial charge in [0.15, 0.2) is 11.6 Å². The van der Waals surface area contributed by atoms with E-state index in [4.69, 9.17) is 11.6 Å². The Morgan fingerprint density at radius 1 is 1.13 bits per heavy atom. The molecule has 3 aromatic rings. The van der Waals surface area contributed by atoms with Gasteiger partial charge in [0.05, 0.1) is 10.5 Å². The molecule has 0 bridgehead atoms. The van der Waals surface area contributed by atoms with Gasteiger partial charge >= 0.3 is 0 Å². The van der Waals surface area contributed by atoms with Crippen molar-refractivity contribution in [2.24, 2.45) is 0 Å². The van der Waals surface area contributed by atoms with Crippen LogP contribution in [-0.4, -0.2) is 11.5 Å². The second-order valence-electron chi connectivity index (χ2n) is 5.61. The molecule has 4 rings (SSSR count). The van der Waals surface area contributed by atoms with Crippen LogP contribution in [-0.2, 0) is 6.42 Å². The number of aromatic nitrogens is 1. The first-order valence-corrected chi connectivity index (χ1v) is 8.40. The van der Waals surface area contributed by atoms with Crippen LogP contribution in [0.5, 0.6) is 0 Å². The molecule has 23 heavy (non-hydrogen) atoms. The molecule has 0 fully saturated rings. The van der Waals surface area contributed by atoms with Gasteiger partial charge in [-0.1, -0.05) is 17.7 Å². The third-order valence-electron chi connectivity index (χ3n) is 4.29. The molecule has 2 heterocycles. The summed E-state index contributed by atoms with van der Waals surface area (Å²) in [6, 6.07) is 8.36. The SMILES string of the molecule is Fc1c(Br)ccc(C2NCCc3c2[nH]c2ccc(Cl)cc32)c1F. The van der Waals surface area contributed by atoms with Gasteiger partial charge in [0.2, 0.25) is 0 Å². The highest BCUT2D eigenvalue weighted by molar-refractivity contribution is 9.10. The van der Waals surface area contributed by atoms with Crippen molar-refractivity contribution in [2.45, 2.75) is 12.5 Å². The average molecular weight is 398 g/mol. The van der Waals surface area contributed by atoms with Crippen LogP contribution in [0.15, 0.2) is 34.8 Å². The third kappa shape index (κ3) is 2.38. The van der Waals surface area contributed by atoms with Crippen molar-refractivity contribution in [1.82, 2.24) is 10.3 Å². The van der Waals surface area contributed by atoms with Gasteiger partial charge in [-0.3, -0.25) is 0 Å². The van der Waals surface area contributed by atoms with Crippen molar-refractivity contribution in [2.75, 3.05) is 6.54 Å². The molecular weight excluding hydrogens is 386 g/mol. The third-order valence-corrected chi connectivity index (χ3v) is 5.14. The molecule has 0 spiro atoms. The van der Waals surface area contributed by atoms with Crippen LogP contribution in [0.2, 0.25) is 5.02 Å². The fourth-order valence-corrected chi connectivity index (χ4v) is 3.71. The van der Waals surface area contributed by atoms with E-state index in [-0.39, 0.29) is 4.47 Å². The number of benzene rings is 2. The summed E-state index contributed by atoms with van der Waals surface area (Å²) in [5, 5.41) is 4.97. The van der Waals surface area contributed by atoms with Crippen LogP contribution in [0.25, 0.3) is 10.9 Å². The fourth-order valence-electron chi connectivity index (χ4n) is 3.23. The minimum Gasteiger partial charge on any atom is -0.357 e. The normalized spacial score (nSPS) is 17.5. The maximum absolute atomic E-state index is 14.4. The lowest BCUT2D eigenvalue weighted by atomic mass is 9.94. The van der Waals surface area contributed by atoms with E-state index in [9.17, 15) is 8.78 Å². The van der Waals surface area contributed by atoms with E-state index in [1.165, 1.54) is 6.07 Å². The number of aromatic amines is 1. The number of fused-ring (bicyclic) bond motifs is 3. The van der Waals surface area contributed by atoms with E-state index in [0.717, 1.165) is 28.6 Å². The predicted molar refractivity (Wildman–Crippen MR) is 90.9 cm³/mol. The first kappa shape index (κ1) is 15.1. The molecule has 0 radical (unpaired) electrons. The molecule has 0 amide bonds. The lowest BCUT2D eigenvalue weighted by Gasteiger charge is -2.25. The maximum Gasteiger partial charge on any atom is 0.173 e. The van der Waals surface area contributed by atoms with Gasteiger partial charge < -0.3 is 10.3 Å². The van der Waals surface area contributed by atoms with Crippen molar-refractivity contribution in [1.29, 1.82) is 0 Å². The fraction of sp³-hybridized carbons (Fsp3) is 0.176. The van der Waals surface area contributed by atoms with Gasteiger partial charge in [-0.05, 0) is 52.2 Å². The van der Waals surface area contributed by atoms with Gasteiger partial charge in [-0.25, -0.2) is 8.78 Å². The van der Waals surface area contributed by atoms with Gasteiger partial charge in [-0.15, -0.1) is 0 Å². The number of hydrogen-bond donors (Lipinski definition) is 2. The molecule has 1 aromatic heterocycles. The van der Waals surface area contributed by atoms with E-state index in [0.29, 0.717) is 17.1 Å². The first-order chi connectivity index (χ1) is 11.1. The topological polar surface area (TPSA) is 27.8 Å². The Morgan fingerprint density at radius 3 is 2.78 bits per heavy atom. The zero-order chi connectivity index (χ0) is 16.1. The molecule has 2 nitrogen and oxygen atoms in total. The van der Waals surface area contributed by atoms with Gasteiger partial charge in [0, 0.05) is 33.7 Å². The van der Waals surface area contributed by atoms with Crippen LogP contribution in [0.4, 0.5) is 8.78 Å². The van der Waals surface area contributed by atoms with Crippen molar-refractivity contribution >= 4 is 38.4 Å². The number of nitrogens with one attached hydrogen (secondary N) is 2. The minimum atomic E-state index is -0.865. The Kier molecular flexibility index (Phi) is 3.67. The Labute approximate surface area is 145 Å². The highest BCUT2D eigenvalue weighted by Gasteiger charge is 2.28. The molecule has 2 aromatic carbocycles. The molecule has 0 saturated heterocycles. The van der Waals surface area contributed by atoms with Crippen molar-refractivity contribution < 1.29 is 8.78 Å². The van der Waals surface area contributed by atoms with E-state index < -0.39 is 17.7 Å². The predicted octanol–water partition coefficient (Wildman–Crippen LogP) is 5.10. The summed E-state index contributed by atoms with van der Waals surface area (Å²) in [5.41, 5.74) is 3.22. The highest BCUT2D eigenvalue weighted by Crippen LogP contribution is 2.36. The van der Waals surface area contributed by atoms with Crippen LogP contribution in [0, 0.1) is 11.6 Å². The summed E-state index contributed by atoms with van der Waals surface area (Å²) < 4.78 is 28.4. The molecule has 6 heteroatoms. The summed E-state index contributed by atoms with van der Waals surface area (Å²) in [5.74, 6) is -1.70. The summed E-state index contributed by atoms with van der Waals surface area (Å²) in [7, 11) is 0. The van der Waals surface area contributed by atoms with Crippen LogP contribution < -0.4 is 5.32 Å². The standard InChI is InChI=1S/C17H12BrClF2N2/c18-12-3-2-10(14(20)15(12)21)16-17-9(5-6-22-16)11-7-8(19)1-4-13(11)23-17/h1-4,7,16,22-23H,5-6H2. The van der Waals surface area contributed by atoms with Crippen molar-refractivity contribution in [3.05, 3.63) is 68.3 Å². The Morgan fingerprint density at radius 2 is 1.96 bits per heavy atom. The van der Waals surface area contributed by atoms with Crippen molar-refractivity contribution in [3.8, 4) is 0 Å². The molecular formula is C17H12BrClF2N2. The smallest absolute Gasteiger partial charge is 0.173 e. The van der Waals surface area contributed by atoms with Gasteiger partial charge in [0.1, 0.15) is 0 Å². The molecule has 118 valence electrons. The molecule has 2 N–H and O–H groups in total. The van der Waals surface area contributed by atoms with E-state index >= 15 is 0 Å². The highest BCUT2D eigenvalue weighted by atomic mass is 79.9. The number of hydrogen-bond acceptors (Lipinski definition) is 1. The quantitative estimate of drug-likeness (QED) is 0.550. The van der Waals surface area contributed by atoms with Crippen LogP contribution >= 0.6 is 27.5 Å². The maximum atomic E-state index is 14.4. The summed E-state index contributed by atoms with van der Waals surface area (Å²) in [4.78, 5) is 3.33. The second kappa shape index (κ2) is 5.58. The Hall–Kier alpha value is -1.43. The summed E-state index contributed by atoms with van der Waals surface area (Å²) >= 11 is 9.10. The molecule has 1 atom stereocenters. The van der Waals surface area contributed by atoms with Crippen LogP contribution in [0.3, 0.4) is 0 Å². The monoisotopic (exact) mass is 396 g/mol. The molecule has 1 aliphatic rings. The zero-order valence-corrected chi connectivity index (χ0v) is 14.2. The molecule has 1 aliphatic heterocycles. The summed E-state index contributed by atoms with van der Waals surface area (Å²) in [6.07, 6.45) is 0.812. The average Bonchev–Trinajstić information content (AvgIpc) is 2.91. The zero-order valence-electron chi connectivity index (χ0n) is 11.9. The van der Waals surface area contributed by atoms with E-state index in [1.807, 2.05) is 18.2 Å². The lowest BCUT2D eigenvalue weighted by molar-refractivity contribution is 0.469. The van der Waals surface area contributed by atoms with Crippen molar-refractivity contribution in [3.63, 3.8) is 0 Å². The molecule has 0 saturated carbocycles. The molecule has 0 aliphatic carbocycles. The first-order valence-electron chi connectivity index (χ1n) is 7.23. The minimum absolute atomic E-state index is 0.123. The lowest BCUT2D eigenvalue weighted by Crippen LogP contribution is -2.31. The number of halogens is 4.